The molecule has 0 bridgehead atoms. The van der Waals surface area contributed by atoms with E-state index in [1.807, 2.05) is 24.3 Å². The number of carbonyl (C=O) groups excluding carboxylic acids is 1. The molecular formula is C18H14N2O4. The Hall–Kier alpha value is -3.15. The molecule has 1 aliphatic carbocycles. The van der Waals surface area contributed by atoms with Gasteiger partial charge in [0.05, 0.1) is 25.5 Å². The molecule has 6 heteroatoms. The Morgan fingerprint density at radius 3 is 2.96 bits per heavy atom. The van der Waals surface area contributed by atoms with Crippen LogP contribution in [0.2, 0.25) is 0 Å². The Balaban J connectivity index is 1.77. The van der Waals surface area contributed by atoms with Gasteiger partial charge in [0.15, 0.2) is 11.3 Å². The van der Waals surface area contributed by atoms with Crippen LogP contribution in [-0.4, -0.2) is 36.3 Å². The van der Waals surface area contributed by atoms with Gasteiger partial charge in [0.2, 0.25) is 0 Å². The van der Waals surface area contributed by atoms with Crippen LogP contribution < -0.4 is 10.4 Å². The molecule has 24 heavy (non-hydrogen) atoms. The lowest BCUT2D eigenvalue weighted by atomic mass is 10.0. The van der Waals surface area contributed by atoms with Crippen molar-refractivity contribution in [1.29, 1.82) is 0 Å². The van der Waals surface area contributed by atoms with Crippen LogP contribution >= 0.6 is 0 Å². The Morgan fingerprint density at radius 1 is 1.29 bits per heavy atom. The van der Waals surface area contributed by atoms with Gasteiger partial charge >= 0.3 is 5.63 Å². The number of nitrogens with zero attached hydrogens (tertiary/aromatic N) is 2. The summed E-state index contributed by atoms with van der Waals surface area (Å²) < 4.78 is 10.5. The summed E-state index contributed by atoms with van der Waals surface area (Å²) in [5.41, 5.74) is -0.384. The number of rotatable bonds is 2. The van der Waals surface area contributed by atoms with Crippen LogP contribution in [0.25, 0.3) is 11.0 Å². The summed E-state index contributed by atoms with van der Waals surface area (Å²) in [5, 5.41) is 0.629. The van der Waals surface area contributed by atoms with E-state index in [1.54, 1.807) is 18.2 Å². The van der Waals surface area contributed by atoms with Crippen molar-refractivity contribution in [2.24, 2.45) is 4.99 Å². The summed E-state index contributed by atoms with van der Waals surface area (Å²) in [6, 6.07) is 6.47. The molecule has 0 fully saturated rings. The minimum atomic E-state index is -0.691. The third-order valence-electron chi connectivity index (χ3n) is 4.17. The molecule has 120 valence electrons. The van der Waals surface area contributed by atoms with Crippen LogP contribution in [-0.2, 0) is 0 Å². The molecule has 2 unspecified atom stereocenters. The maximum atomic E-state index is 12.8. The van der Waals surface area contributed by atoms with Crippen LogP contribution in [0.3, 0.4) is 0 Å². The van der Waals surface area contributed by atoms with Crippen LogP contribution in [0.1, 0.15) is 10.4 Å². The van der Waals surface area contributed by atoms with E-state index in [2.05, 4.69) is 4.99 Å². The maximum Gasteiger partial charge on any atom is 0.349 e. The van der Waals surface area contributed by atoms with Gasteiger partial charge in [0, 0.05) is 5.39 Å². The van der Waals surface area contributed by atoms with E-state index in [0.29, 0.717) is 16.7 Å². The zero-order valence-electron chi connectivity index (χ0n) is 12.9. The lowest BCUT2D eigenvalue weighted by Crippen LogP contribution is -2.41. The summed E-state index contributed by atoms with van der Waals surface area (Å²) in [6.07, 6.45) is 9.04. The third-order valence-corrected chi connectivity index (χ3v) is 4.17. The molecule has 0 N–H and O–H groups in total. The van der Waals surface area contributed by atoms with Crippen molar-refractivity contribution in [3.05, 3.63) is 64.6 Å². The van der Waals surface area contributed by atoms with Crippen LogP contribution in [0.4, 0.5) is 0 Å². The minimum Gasteiger partial charge on any atom is -0.493 e. The minimum absolute atomic E-state index is 0.0224. The number of benzene rings is 1. The number of carbonyl (C=O) groups is 1. The Morgan fingerprint density at radius 2 is 2.12 bits per heavy atom. The predicted molar refractivity (Wildman–Crippen MR) is 89.6 cm³/mol. The fraction of sp³-hybridized carbons (Fsp3) is 0.167. The second-order valence-corrected chi connectivity index (χ2v) is 5.55. The predicted octanol–water partition coefficient (Wildman–Crippen LogP) is 2.15. The molecule has 0 saturated heterocycles. The first-order valence-corrected chi connectivity index (χ1v) is 7.51. The second kappa shape index (κ2) is 5.49. The molecule has 0 spiro atoms. The first kappa shape index (κ1) is 14.4. The molecule has 6 nitrogen and oxygen atoms in total. The summed E-state index contributed by atoms with van der Waals surface area (Å²) in [5.74, 6) is 0.0245. The van der Waals surface area contributed by atoms with Crippen molar-refractivity contribution in [3.8, 4) is 5.75 Å². The molecular weight excluding hydrogens is 308 g/mol. The number of amides is 1. The number of allylic oxidation sites excluding steroid dienone is 2. The zero-order valence-corrected chi connectivity index (χ0v) is 12.9. The summed E-state index contributed by atoms with van der Waals surface area (Å²) in [4.78, 5) is 30.9. The maximum absolute atomic E-state index is 12.8. The fourth-order valence-corrected chi connectivity index (χ4v) is 2.96. The highest BCUT2D eigenvalue weighted by atomic mass is 16.5. The normalized spacial score (nSPS) is 21.3. The van der Waals surface area contributed by atoms with Gasteiger partial charge < -0.3 is 9.15 Å². The van der Waals surface area contributed by atoms with Crippen LogP contribution in [0.5, 0.6) is 5.75 Å². The molecule has 2 heterocycles. The van der Waals surface area contributed by atoms with Crippen molar-refractivity contribution in [1.82, 2.24) is 4.90 Å². The lowest BCUT2D eigenvalue weighted by Gasteiger charge is -2.23. The van der Waals surface area contributed by atoms with Gasteiger partial charge in [0.1, 0.15) is 5.56 Å². The largest absolute Gasteiger partial charge is 0.493 e. The molecule has 2 aromatic rings. The van der Waals surface area contributed by atoms with E-state index >= 15 is 0 Å². The number of para-hydroxylation sites is 1. The van der Waals surface area contributed by atoms with E-state index in [0.717, 1.165) is 0 Å². The average molecular weight is 322 g/mol. The van der Waals surface area contributed by atoms with Crippen LogP contribution in [0, 0.1) is 0 Å². The van der Waals surface area contributed by atoms with E-state index < -0.39 is 11.5 Å². The monoisotopic (exact) mass is 322 g/mol. The highest BCUT2D eigenvalue weighted by molar-refractivity contribution is 6.03. The molecule has 1 aromatic carbocycles. The van der Waals surface area contributed by atoms with Gasteiger partial charge in [0.25, 0.3) is 5.91 Å². The van der Waals surface area contributed by atoms with E-state index in [1.165, 1.54) is 24.4 Å². The smallest absolute Gasteiger partial charge is 0.349 e. The summed E-state index contributed by atoms with van der Waals surface area (Å²) >= 11 is 0. The number of methoxy groups -OCH3 is 1. The quantitative estimate of drug-likeness (QED) is 0.794. The standard InChI is InChI=1S/C18H14N2O4/c1-23-15-8-4-5-11-9-12(18(22)24-16(11)15)17(21)20-10-19-13-6-2-3-7-14(13)20/h2-10,13-14H,1H3. The summed E-state index contributed by atoms with van der Waals surface area (Å²) in [7, 11) is 1.50. The topological polar surface area (TPSA) is 72.1 Å². The van der Waals surface area contributed by atoms with Crippen LogP contribution in [0.15, 0.2) is 62.8 Å². The fourth-order valence-electron chi connectivity index (χ4n) is 2.96. The van der Waals surface area contributed by atoms with Gasteiger partial charge in [-0.1, -0.05) is 36.4 Å². The van der Waals surface area contributed by atoms with Crippen molar-refractivity contribution in [2.75, 3.05) is 7.11 Å². The van der Waals surface area contributed by atoms with Gasteiger partial charge in [-0.15, -0.1) is 0 Å². The molecule has 4 rings (SSSR count). The van der Waals surface area contributed by atoms with Gasteiger partial charge in [-0.2, -0.15) is 0 Å². The molecule has 1 aliphatic heterocycles. The Labute approximate surface area is 137 Å². The molecule has 0 radical (unpaired) electrons. The van der Waals surface area contributed by atoms with Crippen molar-refractivity contribution in [2.45, 2.75) is 12.1 Å². The number of hydrogen-bond acceptors (Lipinski definition) is 5. The highest BCUT2D eigenvalue weighted by Gasteiger charge is 2.34. The molecule has 1 amide bonds. The third kappa shape index (κ3) is 2.15. The number of ether oxygens (including phenoxy) is 1. The van der Waals surface area contributed by atoms with E-state index in [-0.39, 0.29) is 17.6 Å². The highest BCUT2D eigenvalue weighted by Crippen LogP contribution is 2.26. The van der Waals surface area contributed by atoms with Gasteiger partial charge in [-0.05, 0) is 12.1 Å². The van der Waals surface area contributed by atoms with Gasteiger partial charge in [-0.3, -0.25) is 14.7 Å². The Kier molecular flexibility index (Phi) is 3.30. The molecule has 2 aliphatic rings. The average Bonchev–Trinajstić information content (AvgIpc) is 3.04. The van der Waals surface area contributed by atoms with E-state index in [4.69, 9.17) is 9.15 Å². The first-order valence-electron chi connectivity index (χ1n) is 7.51. The summed E-state index contributed by atoms with van der Waals surface area (Å²) in [6.45, 7) is 0. The molecule has 0 saturated carbocycles. The van der Waals surface area contributed by atoms with Gasteiger partial charge in [-0.25, -0.2) is 4.79 Å². The molecule has 2 atom stereocenters. The van der Waals surface area contributed by atoms with Crippen molar-refractivity contribution < 1.29 is 13.9 Å². The number of hydrogen-bond donors (Lipinski definition) is 0. The number of aliphatic imine (C=N–C) groups is 1. The lowest BCUT2D eigenvalue weighted by molar-refractivity contribution is 0.0831. The Bertz CT molecular complexity index is 971. The second-order valence-electron chi connectivity index (χ2n) is 5.55. The number of fused-ring (bicyclic) bond motifs is 2. The van der Waals surface area contributed by atoms with Crippen molar-refractivity contribution in [3.63, 3.8) is 0 Å². The van der Waals surface area contributed by atoms with E-state index in [9.17, 15) is 9.59 Å². The molecule has 1 aromatic heterocycles. The first-order chi connectivity index (χ1) is 11.7. The zero-order chi connectivity index (χ0) is 16.7. The SMILES string of the molecule is COc1cccc2cc(C(=O)N3C=NC4C=CC=CC43)c(=O)oc12. The van der Waals surface area contributed by atoms with Crippen molar-refractivity contribution >= 4 is 23.2 Å².